The summed E-state index contributed by atoms with van der Waals surface area (Å²) in [6.07, 6.45) is 1.56. The van der Waals surface area contributed by atoms with Gasteiger partial charge in [-0.05, 0) is 56.9 Å². The fourth-order valence-electron chi connectivity index (χ4n) is 2.92. The highest BCUT2D eigenvalue weighted by atomic mass is 79.9. The molecule has 27 heavy (non-hydrogen) atoms. The Morgan fingerprint density at radius 3 is 2.63 bits per heavy atom. The number of fused-ring (bicyclic) bond motifs is 1. The summed E-state index contributed by atoms with van der Waals surface area (Å²) < 4.78 is 11.3. The van der Waals surface area contributed by atoms with Crippen molar-refractivity contribution >= 4 is 38.8 Å². The number of rotatable bonds is 5. The van der Waals surface area contributed by atoms with Crippen molar-refractivity contribution in [1.82, 2.24) is 5.43 Å². The van der Waals surface area contributed by atoms with E-state index >= 15 is 0 Å². The molecule has 0 spiro atoms. The van der Waals surface area contributed by atoms with Crippen LogP contribution in [0.4, 0.5) is 0 Å². The third-order valence-electron chi connectivity index (χ3n) is 4.20. The van der Waals surface area contributed by atoms with Crippen LogP contribution in [0.1, 0.15) is 21.5 Å². The molecule has 0 radical (unpaired) electrons. The molecule has 0 aromatic heterocycles. The second-order valence-corrected chi connectivity index (χ2v) is 6.77. The second kappa shape index (κ2) is 8.22. The quantitative estimate of drug-likeness (QED) is 0.475. The minimum Gasteiger partial charge on any atom is -0.493 e. The van der Waals surface area contributed by atoms with Gasteiger partial charge >= 0.3 is 0 Å². The molecule has 0 heterocycles. The smallest absolute Gasteiger partial charge is 0.272 e. The van der Waals surface area contributed by atoms with E-state index in [2.05, 4.69) is 26.5 Å². The van der Waals surface area contributed by atoms with Crippen molar-refractivity contribution in [2.24, 2.45) is 5.10 Å². The van der Waals surface area contributed by atoms with Crippen molar-refractivity contribution in [3.63, 3.8) is 0 Å². The first kappa shape index (κ1) is 18.9. The zero-order chi connectivity index (χ0) is 19.4. The number of hydrogen-bond acceptors (Lipinski definition) is 4. The molecule has 0 aliphatic heterocycles. The molecule has 3 aromatic carbocycles. The van der Waals surface area contributed by atoms with Crippen LogP contribution in [0.5, 0.6) is 11.5 Å². The Bertz CT molecular complexity index is 1030. The molecule has 0 saturated carbocycles. The summed E-state index contributed by atoms with van der Waals surface area (Å²) in [6, 6.07) is 15.3. The molecule has 6 heteroatoms. The van der Waals surface area contributed by atoms with Crippen LogP contribution in [0, 0.1) is 6.92 Å². The average Bonchev–Trinajstić information content (AvgIpc) is 2.67. The van der Waals surface area contributed by atoms with E-state index in [1.54, 1.807) is 26.5 Å². The van der Waals surface area contributed by atoms with Crippen molar-refractivity contribution in [2.45, 2.75) is 6.92 Å². The van der Waals surface area contributed by atoms with Crippen LogP contribution >= 0.6 is 15.9 Å². The molecule has 5 nitrogen and oxygen atoms in total. The van der Waals surface area contributed by atoms with Crippen molar-refractivity contribution < 1.29 is 14.3 Å². The minimum atomic E-state index is -0.250. The van der Waals surface area contributed by atoms with Crippen molar-refractivity contribution in [1.29, 1.82) is 0 Å². The Hall–Kier alpha value is -2.86. The van der Waals surface area contributed by atoms with Gasteiger partial charge in [-0.25, -0.2) is 5.43 Å². The van der Waals surface area contributed by atoms with Gasteiger partial charge in [0.25, 0.3) is 5.91 Å². The SMILES string of the molecule is COc1cc(/C=N\NC(=O)c2c(C)ccc3ccccc23)cc(Br)c1OC. The number of hydrogen-bond donors (Lipinski definition) is 1. The summed E-state index contributed by atoms with van der Waals surface area (Å²) in [7, 11) is 3.14. The van der Waals surface area contributed by atoms with Crippen LogP contribution < -0.4 is 14.9 Å². The molecule has 1 N–H and O–H groups in total. The lowest BCUT2D eigenvalue weighted by atomic mass is 9.99. The molecule has 0 unspecified atom stereocenters. The maximum absolute atomic E-state index is 12.7. The van der Waals surface area contributed by atoms with Gasteiger partial charge in [-0.3, -0.25) is 4.79 Å². The first-order valence-electron chi connectivity index (χ1n) is 8.28. The highest BCUT2D eigenvalue weighted by Gasteiger charge is 2.13. The lowest BCUT2D eigenvalue weighted by Crippen LogP contribution is -2.19. The molecule has 0 bridgehead atoms. The zero-order valence-electron chi connectivity index (χ0n) is 15.2. The topological polar surface area (TPSA) is 59.9 Å². The first-order chi connectivity index (χ1) is 13.0. The number of hydrazone groups is 1. The fraction of sp³-hybridized carbons (Fsp3) is 0.143. The molecule has 138 valence electrons. The average molecular weight is 427 g/mol. The summed E-state index contributed by atoms with van der Waals surface area (Å²) >= 11 is 3.44. The number of carbonyl (C=O) groups is 1. The number of aryl methyl sites for hydroxylation is 1. The predicted molar refractivity (Wildman–Crippen MR) is 111 cm³/mol. The van der Waals surface area contributed by atoms with E-state index in [9.17, 15) is 4.79 Å². The maximum atomic E-state index is 12.7. The number of nitrogens with zero attached hydrogens (tertiary/aromatic N) is 1. The van der Waals surface area contributed by atoms with Gasteiger partial charge in [0.1, 0.15) is 0 Å². The Labute approximate surface area is 166 Å². The van der Waals surface area contributed by atoms with Crippen LogP contribution in [0.3, 0.4) is 0 Å². The molecule has 0 aliphatic carbocycles. The van der Waals surface area contributed by atoms with Gasteiger partial charge in [0.05, 0.1) is 30.5 Å². The Balaban J connectivity index is 1.85. The van der Waals surface area contributed by atoms with E-state index in [4.69, 9.17) is 9.47 Å². The van der Waals surface area contributed by atoms with Crippen LogP contribution in [-0.2, 0) is 0 Å². The molecule has 0 aliphatic rings. The van der Waals surface area contributed by atoms with E-state index in [0.29, 0.717) is 17.1 Å². The number of benzene rings is 3. The molecule has 0 atom stereocenters. The molecule has 0 fully saturated rings. The maximum Gasteiger partial charge on any atom is 0.272 e. The van der Waals surface area contributed by atoms with Crippen LogP contribution in [0.2, 0.25) is 0 Å². The lowest BCUT2D eigenvalue weighted by molar-refractivity contribution is 0.0956. The van der Waals surface area contributed by atoms with Crippen LogP contribution in [-0.4, -0.2) is 26.3 Å². The van der Waals surface area contributed by atoms with Crippen molar-refractivity contribution in [3.8, 4) is 11.5 Å². The van der Waals surface area contributed by atoms with E-state index in [1.807, 2.05) is 49.4 Å². The van der Waals surface area contributed by atoms with Crippen molar-refractivity contribution in [2.75, 3.05) is 14.2 Å². The van der Waals surface area contributed by atoms with Gasteiger partial charge in [0.2, 0.25) is 0 Å². The summed E-state index contributed by atoms with van der Waals surface area (Å²) in [6.45, 7) is 1.91. The zero-order valence-corrected chi connectivity index (χ0v) is 16.8. The number of amides is 1. The fourth-order valence-corrected chi connectivity index (χ4v) is 3.54. The second-order valence-electron chi connectivity index (χ2n) is 5.92. The Morgan fingerprint density at radius 1 is 1.11 bits per heavy atom. The number of nitrogens with one attached hydrogen (secondary N) is 1. The molecule has 3 aromatic rings. The normalized spacial score (nSPS) is 11.0. The number of methoxy groups -OCH3 is 2. The highest BCUT2D eigenvalue weighted by molar-refractivity contribution is 9.10. The van der Waals surface area contributed by atoms with Gasteiger partial charge in [-0.2, -0.15) is 5.10 Å². The summed E-state index contributed by atoms with van der Waals surface area (Å²) in [5.74, 6) is 0.926. The summed E-state index contributed by atoms with van der Waals surface area (Å²) in [5.41, 5.74) is 4.89. The minimum absolute atomic E-state index is 0.250. The number of carbonyl (C=O) groups excluding carboxylic acids is 1. The van der Waals surface area contributed by atoms with Gasteiger partial charge in [0, 0.05) is 0 Å². The number of ether oxygens (including phenoxy) is 2. The van der Waals surface area contributed by atoms with Gasteiger partial charge in [0.15, 0.2) is 11.5 Å². The summed E-state index contributed by atoms with van der Waals surface area (Å²) in [5, 5.41) is 6.01. The van der Waals surface area contributed by atoms with E-state index in [-0.39, 0.29) is 5.91 Å². The van der Waals surface area contributed by atoms with E-state index in [0.717, 1.165) is 26.4 Å². The monoisotopic (exact) mass is 426 g/mol. The molecule has 3 rings (SSSR count). The summed E-state index contributed by atoms with van der Waals surface area (Å²) in [4.78, 5) is 12.7. The van der Waals surface area contributed by atoms with Gasteiger partial charge < -0.3 is 9.47 Å². The highest BCUT2D eigenvalue weighted by Crippen LogP contribution is 2.35. The largest absolute Gasteiger partial charge is 0.493 e. The molecule has 0 saturated heterocycles. The third-order valence-corrected chi connectivity index (χ3v) is 4.79. The van der Waals surface area contributed by atoms with Crippen LogP contribution in [0.15, 0.2) is 58.1 Å². The van der Waals surface area contributed by atoms with Crippen molar-refractivity contribution in [3.05, 3.63) is 69.7 Å². The van der Waals surface area contributed by atoms with Gasteiger partial charge in [-0.15, -0.1) is 0 Å². The Morgan fingerprint density at radius 2 is 1.89 bits per heavy atom. The predicted octanol–water partition coefficient (Wildman–Crippen LogP) is 4.69. The molecule has 1 amide bonds. The molecular weight excluding hydrogens is 408 g/mol. The van der Waals surface area contributed by atoms with E-state index in [1.165, 1.54) is 0 Å². The lowest BCUT2D eigenvalue weighted by Gasteiger charge is -2.10. The van der Waals surface area contributed by atoms with E-state index < -0.39 is 0 Å². The first-order valence-corrected chi connectivity index (χ1v) is 9.07. The molecular formula is C21H19BrN2O3. The number of halogens is 1. The third kappa shape index (κ3) is 3.95. The standard InChI is InChI=1S/C21H19BrN2O3/c1-13-8-9-15-6-4-5-7-16(15)19(13)21(25)24-23-12-14-10-17(22)20(27-3)18(11-14)26-2/h4-12H,1-3H3,(H,24,25)/b23-12-. The van der Waals surface area contributed by atoms with Crippen LogP contribution in [0.25, 0.3) is 10.8 Å². The van der Waals surface area contributed by atoms with Gasteiger partial charge in [-0.1, -0.05) is 36.4 Å². The Kier molecular flexibility index (Phi) is 5.76.